The van der Waals surface area contributed by atoms with E-state index in [9.17, 15) is 4.79 Å². The van der Waals surface area contributed by atoms with Gasteiger partial charge in [0.2, 0.25) is 0 Å². The first kappa shape index (κ1) is 20.7. The largest absolute Gasteiger partial charge is 0.312 e. The van der Waals surface area contributed by atoms with Crippen LogP contribution in [0.4, 0.5) is 0 Å². The van der Waals surface area contributed by atoms with Gasteiger partial charge in [0.1, 0.15) is 0 Å². The molecule has 3 aromatic carbocycles. The monoisotopic (exact) mass is 422 g/mol. The van der Waals surface area contributed by atoms with Crippen LogP contribution < -0.4 is 0 Å². The van der Waals surface area contributed by atoms with Crippen LogP contribution in [0.5, 0.6) is 0 Å². The van der Waals surface area contributed by atoms with Crippen LogP contribution in [0.2, 0.25) is 0 Å². The zero-order chi connectivity index (χ0) is 21.9. The molecule has 2 atom stereocenters. The summed E-state index contributed by atoms with van der Waals surface area (Å²) in [6.07, 6.45) is 6.56. The van der Waals surface area contributed by atoms with E-state index < -0.39 is 0 Å². The zero-order valence-electron chi connectivity index (χ0n) is 18.7. The van der Waals surface area contributed by atoms with Gasteiger partial charge in [-0.25, -0.2) is 0 Å². The molecule has 2 heterocycles. The third-order valence-electron chi connectivity index (χ3n) is 7.02. The molecule has 1 amide bonds. The predicted molar refractivity (Wildman–Crippen MR) is 130 cm³/mol. The van der Waals surface area contributed by atoms with E-state index in [1.807, 2.05) is 41.3 Å². The van der Waals surface area contributed by atoms with Crippen molar-refractivity contribution >= 4 is 5.91 Å². The van der Waals surface area contributed by atoms with E-state index in [-0.39, 0.29) is 5.91 Å². The molecule has 0 aliphatic carbocycles. The first-order valence-electron chi connectivity index (χ1n) is 11.6. The normalized spacial score (nSPS) is 20.1. The van der Waals surface area contributed by atoms with Gasteiger partial charge < -0.3 is 4.90 Å². The van der Waals surface area contributed by atoms with Crippen LogP contribution in [0, 0.1) is 0 Å². The Bertz CT molecular complexity index is 1090. The number of carbonyl (C=O) groups excluding carboxylic acids is 1. The van der Waals surface area contributed by atoms with Crippen molar-refractivity contribution in [3.05, 3.63) is 108 Å². The Morgan fingerprint density at radius 2 is 1.53 bits per heavy atom. The van der Waals surface area contributed by atoms with Crippen LogP contribution >= 0.6 is 0 Å². The van der Waals surface area contributed by atoms with Crippen molar-refractivity contribution in [1.29, 1.82) is 0 Å². The highest BCUT2D eigenvalue weighted by Crippen LogP contribution is 2.35. The van der Waals surface area contributed by atoms with E-state index in [1.54, 1.807) is 0 Å². The van der Waals surface area contributed by atoms with Gasteiger partial charge >= 0.3 is 0 Å². The van der Waals surface area contributed by atoms with Crippen molar-refractivity contribution in [2.75, 3.05) is 13.6 Å². The summed E-state index contributed by atoms with van der Waals surface area (Å²) in [7, 11) is 2.22. The quantitative estimate of drug-likeness (QED) is 0.502. The molecule has 1 saturated heterocycles. The fourth-order valence-electron chi connectivity index (χ4n) is 5.07. The number of amides is 1. The molecule has 0 radical (unpaired) electrons. The SMILES string of the molecule is CN1[C@H]2CC[C@H]1C=C(N(CCc1ccccc1)C(=O)c1ccc(-c3ccccc3)cc1)C2. The summed E-state index contributed by atoms with van der Waals surface area (Å²) in [5.74, 6) is 0.107. The Hall–Kier alpha value is -3.17. The molecule has 0 spiro atoms. The zero-order valence-corrected chi connectivity index (χ0v) is 18.7. The maximum absolute atomic E-state index is 13.7. The molecule has 3 heteroatoms. The van der Waals surface area contributed by atoms with Crippen molar-refractivity contribution < 1.29 is 4.79 Å². The van der Waals surface area contributed by atoms with Crippen LogP contribution in [0.1, 0.15) is 35.2 Å². The van der Waals surface area contributed by atoms with Crippen LogP contribution in [0.25, 0.3) is 11.1 Å². The van der Waals surface area contributed by atoms with Gasteiger partial charge in [-0.05, 0) is 61.2 Å². The molecule has 2 bridgehead atoms. The molecular weight excluding hydrogens is 392 g/mol. The Balaban J connectivity index is 1.40. The fourth-order valence-corrected chi connectivity index (χ4v) is 5.07. The lowest BCUT2D eigenvalue weighted by atomic mass is 10.0. The number of carbonyl (C=O) groups is 1. The molecule has 3 nitrogen and oxygen atoms in total. The van der Waals surface area contributed by atoms with Crippen molar-refractivity contribution in [1.82, 2.24) is 9.80 Å². The van der Waals surface area contributed by atoms with E-state index in [0.717, 1.165) is 24.0 Å². The second-order valence-electron chi connectivity index (χ2n) is 8.96. The van der Waals surface area contributed by atoms with Gasteiger partial charge in [-0.1, -0.05) is 72.8 Å². The standard InChI is InChI=1S/C29H30N2O/c1-30-26-16-17-27(30)21-28(20-26)31(19-18-22-8-4-2-5-9-22)29(32)25-14-12-24(13-15-25)23-10-6-3-7-11-23/h2-15,20,26-27H,16-19,21H2,1H3/t26-,27-/m0/s1. The van der Waals surface area contributed by atoms with Crippen LogP contribution in [0.15, 0.2) is 96.7 Å². The first-order valence-corrected chi connectivity index (χ1v) is 11.6. The molecule has 2 aliphatic heterocycles. The summed E-state index contributed by atoms with van der Waals surface area (Å²) in [5.41, 5.74) is 5.52. The Morgan fingerprint density at radius 3 is 2.22 bits per heavy atom. The fraction of sp³-hybridized carbons (Fsp3) is 0.276. The topological polar surface area (TPSA) is 23.6 Å². The summed E-state index contributed by atoms with van der Waals surface area (Å²) >= 11 is 0. The number of hydrogen-bond donors (Lipinski definition) is 0. The summed E-state index contributed by atoms with van der Waals surface area (Å²) in [5, 5.41) is 0. The molecule has 0 unspecified atom stereocenters. The number of hydrogen-bond acceptors (Lipinski definition) is 2. The van der Waals surface area contributed by atoms with Gasteiger partial charge in [0.05, 0.1) is 0 Å². The molecule has 0 aromatic heterocycles. The number of likely N-dealkylation sites (N-methyl/N-ethyl adjacent to an activating group) is 1. The molecule has 0 N–H and O–H groups in total. The Morgan fingerprint density at radius 1 is 0.875 bits per heavy atom. The van der Waals surface area contributed by atoms with Gasteiger partial charge in [-0.3, -0.25) is 9.69 Å². The predicted octanol–water partition coefficient (Wildman–Crippen LogP) is 5.79. The van der Waals surface area contributed by atoms with Crippen molar-refractivity contribution in [2.45, 2.75) is 37.8 Å². The highest BCUT2D eigenvalue weighted by Gasteiger charge is 2.36. The lowest BCUT2D eigenvalue weighted by molar-refractivity contribution is 0.0787. The molecule has 1 fully saturated rings. The minimum Gasteiger partial charge on any atom is -0.312 e. The van der Waals surface area contributed by atoms with Gasteiger partial charge in [-0.2, -0.15) is 0 Å². The maximum Gasteiger partial charge on any atom is 0.258 e. The number of rotatable bonds is 6. The van der Waals surface area contributed by atoms with E-state index in [4.69, 9.17) is 0 Å². The molecule has 0 saturated carbocycles. The summed E-state index contributed by atoms with van der Waals surface area (Å²) in [6, 6.07) is 29.8. The van der Waals surface area contributed by atoms with Crippen molar-refractivity contribution in [2.24, 2.45) is 0 Å². The highest BCUT2D eigenvalue weighted by molar-refractivity contribution is 5.96. The van der Waals surface area contributed by atoms with Crippen molar-refractivity contribution in [3.63, 3.8) is 0 Å². The van der Waals surface area contributed by atoms with Crippen LogP contribution in [-0.2, 0) is 6.42 Å². The molecule has 5 rings (SSSR count). The van der Waals surface area contributed by atoms with E-state index in [1.165, 1.54) is 29.7 Å². The summed E-state index contributed by atoms with van der Waals surface area (Å²) in [4.78, 5) is 18.2. The molecule has 2 aliphatic rings. The highest BCUT2D eigenvalue weighted by atomic mass is 16.2. The average molecular weight is 423 g/mol. The van der Waals surface area contributed by atoms with Gasteiger partial charge in [0.15, 0.2) is 0 Å². The van der Waals surface area contributed by atoms with Gasteiger partial charge in [0.25, 0.3) is 5.91 Å². The maximum atomic E-state index is 13.7. The van der Waals surface area contributed by atoms with Crippen LogP contribution in [0.3, 0.4) is 0 Å². The Labute approximate surface area is 191 Å². The van der Waals surface area contributed by atoms with E-state index in [2.05, 4.69) is 66.6 Å². The molecular formula is C29H30N2O. The molecule has 162 valence electrons. The third-order valence-corrected chi connectivity index (χ3v) is 7.02. The van der Waals surface area contributed by atoms with Gasteiger partial charge in [0, 0.05) is 36.3 Å². The second kappa shape index (κ2) is 9.13. The minimum absolute atomic E-state index is 0.107. The van der Waals surface area contributed by atoms with E-state index in [0.29, 0.717) is 18.6 Å². The van der Waals surface area contributed by atoms with E-state index >= 15 is 0 Å². The summed E-state index contributed by atoms with van der Waals surface area (Å²) in [6.45, 7) is 0.707. The smallest absolute Gasteiger partial charge is 0.258 e. The Kier molecular flexibility index (Phi) is 5.91. The minimum atomic E-state index is 0.107. The van der Waals surface area contributed by atoms with Crippen LogP contribution in [-0.4, -0.2) is 41.4 Å². The lowest BCUT2D eigenvalue weighted by Crippen LogP contribution is -2.41. The second-order valence-corrected chi connectivity index (χ2v) is 8.96. The lowest BCUT2D eigenvalue weighted by Gasteiger charge is -2.35. The number of nitrogens with zero attached hydrogens (tertiary/aromatic N) is 2. The summed E-state index contributed by atoms with van der Waals surface area (Å²) < 4.78 is 0. The molecule has 32 heavy (non-hydrogen) atoms. The third kappa shape index (κ3) is 4.26. The molecule has 3 aromatic rings. The van der Waals surface area contributed by atoms with Gasteiger partial charge in [-0.15, -0.1) is 0 Å². The average Bonchev–Trinajstić information content (AvgIpc) is 3.05. The number of fused-ring (bicyclic) bond motifs is 2. The number of benzene rings is 3. The van der Waals surface area contributed by atoms with Crippen molar-refractivity contribution in [3.8, 4) is 11.1 Å². The first-order chi connectivity index (χ1) is 15.7.